The lowest BCUT2D eigenvalue weighted by atomic mass is 9.94. The summed E-state index contributed by atoms with van der Waals surface area (Å²) in [5.74, 6) is 0.698. The molecule has 1 aliphatic heterocycles. The average molecular weight is 267 g/mol. The van der Waals surface area contributed by atoms with Gasteiger partial charge in [-0.1, -0.05) is 17.7 Å². The zero-order chi connectivity index (χ0) is 13.3. The molecule has 100 valence electrons. The molecule has 2 nitrogen and oxygen atoms in total. The first kappa shape index (κ1) is 13.7. The number of halogens is 1. The fourth-order valence-electron chi connectivity index (χ4n) is 3.13. The molecule has 0 amide bonds. The molecule has 1 aromatic carbocycles. The van der Waals surface area contributed by atoms with Gasteiger partial charge in [0.25, 0.3) is 0 Å². The van der Waals surface area contributed by atoms with Gasteiger partial charge in [-0.15, -0.1) is 0 Å². The van der Waals surface area contributed by atoms with Crippen molar-refractivity contribution in [3.05, 3.63) is 28.8 Å². The van der Waals surface area contributed by atoms with Crippen molar-refractivity contribution in [1.82, 2.24) is 0 Å². The van der Waals surface area contributed by atoms with Crippen LogP contribution in [0.4, 0.5) is 5.69 Å². The second kappa shape index (κ2) is 5.10. The third-order valence-corrected chi connectivity index (χ3v) is 4.47. The molecule has 1 saturated heterocycles. The first-order valence-electron chi connectivity index (χ1n) is 6.68. The molecule has 1 atom stereocenters. The highest BCUT2D eigenvalue weighted by atomic mass is 35.5. The monoisotopic (exact) mass is 266 g/mol. The molecule has 0 aromatic heterocycles. The van der Waals surface area contributed by atoms with E-state index in [1.165, 1.54) is 17.7 Å². The van der Waals surface area contributed by atoms with Crippen LogP contribution in [-0.4, -0.2) is 18.6 Å². The van der Waals surface area contributed by atoms with E-state index in [4.69, 9.17) is 17.3 Å². The molecule has 1 unspecified atom stereocenters. The maximum Gasteiger partial charge on any atom is 0.0455 e. The minimum absolute atomic E-state index is 0.190. The van der Waals surface area contributed by atoms with Crippen molar-refractivity contribution in [2.45, 2.75) is 39.2 Å². The number of nitrogens with two attached hydrogens (primary N) is 1. The first-order chi connectivity index (χ1) is 8.45. The third kappa shape index (κ3) is 2.50. The lowest BCUT2D eigenvalue weighted by Crippen LogP contribution is -2.38. The lowest BCUT2D eigenvalue weighted by Gasteiger charge is -2.35. The molecule has 0 aliphatic carbocycles. The minimum atomic E-state index is 0.190. The normalized spacial score (nSPS) is 22.5. The van der Waals surface area contributed by atoms with E-state index >= 15 is 0 Å². The van der Waals surface area contributed by atoms with Crippen molar-refractivity contribution < 1.29 is 0 Å². The topological polar surface area (TPSA) is 29.3 Å². The van der Waals surface area contributed by atoms with Crippen LogP contribution in [0.5, 0.6) is 0 Å². The van der Waals surface area contributed by atoms with Gasteiger partial charge >= 0.3 is 0 Å². The standard InChI is InChI=1S/C15H23ClN2/c1-11-13(16)5-4-6-14(11)18-10-12(7-8-17)9-15(18,2)3/h4-6,12H,7-10,17H2,1-3H3. The Kier molecular flexibility index (Phi) is 3.88. The number of anilines is 1. The molecule has 3 heteroatoms. The van der Waals surface area contributed by atoms with Gasteiger partial charge in [0.15, 0.2) is 0 Å². The molecular weight excluding hydrogens is 244 g/mol. The highest BCUT2D eigenvalue weighted by Crippen LogP contribution is 2.40. The maximum absolute atomic E-state index is 6.24. The molecule has 2 N–H and O–H groups in total. The lowest BCUT2D eigenvalue weighted by molar-refractivity contribution is 0.458. The van der Waals surface area contributed by atoms with E-state index in [1.807, 2.05) is 12.1 Å². The number of nitrogens with zero attached hydrogens (tertiary/aromatic N) is 1. The predicted molar refractivity (Wildman–Crippen MR) is 79.4 cm³/mol. The van der Waals surface area contributed by atoms with Crippen molar-refractivity contribution in [3.63, 3.8) is 0 Å². The van der Waals surface area contributed by atoms with Gasteiger partial charge in [0.2, 0.25) is 0 Å². The second-order valence-corrected chi connectivity index (χ2v) is 6.36. The number of hydrogen-bond donors (Lipinski definition) is 1. The van der Waals surface area contributed by atoms with Crippen LogP contribution in [0.2, 0.25) is 5.02 Å². The average Bonchev–Trinajstić information content (AvgIpc) is 2.58. The van der Waals surface area contributed by atoms with Crippen molar-refractivity contribution >= 4 is 17.3 Å². The van der Waals surface area contributed by atoms with Crippen molar-refractivity contribution in [2.75, 3.05) is 18.0 Å². The van der Waals surface area contributed by atoms with E-state index in [9.17, 15) is 0 Å². The molecule has 1 fully saturated rings. The first-order valence-corrected chi connectivity index (χ1v) is 7.06. The second-order valence-electron chi connectivity index (χ2n) is 5.95. The van der Waals surface area contributed by atoms with Crippen LogP contribution in [-0.2, 0) is 0 Å². The maximum atomic E-state index is 6.24. The van der Waals surface area contributed by atoms with Crippen LogP contribution in [0.1, 0.15) is 32.3 Å². The van der Waals surface area contributed by atoms with E-state index in [0.29, 0.717) is 5.92 Å². The zero-order valence-corrected chi connectivity index (χ0v) is 12.3. The van der Waals surface area contributed by atoms with Crippen LogP contribution >= 0.6 is 11.6 Å². The number of hydrogen-bond acceptors (Lipinski definition) is 2. The van der Waals surface area contributed by atoms with E-state index in [0.717, 1.165) is 24.5 Å². The Hall–Kier alpha value is -0.730. The van der Waals surface area contributed by atoms with Gasteiger partial charge in [0.1, 0.15) is 0 Å². The quantitative estimate of drug-likeness (QED) is 0.906. The van der Waals surface area contributed by atoms with Gasteiger partial charge in [-0.05, 0) is 63.8 Å². The Balaban J connectivity index is 2.30. The number of benzene rings is 1. The fourth-order valence-corrected chi connectivity index (χ4v) is 3.30. The van der Waals surface area contributed by atoms with Crippen LogP contribution in [0.3, 0.4) is 0 Å². The summed E-state index contributed by atoms with van der Waals surface area (Å²) < 4.78 is 0. The van der Waals surface area contributed by atoms with Gasteiger partial charge in [-0.25, -0.2) is 0 Å². The fraction of sp³-hybridized carbons (Fsp3) is 0.600. The van der Waals surface area contributed by atoms with Crippen LogP contribution in [0.15, 0.2) is 18.2 Å². The van der Waals surface area contributed by atoms with E-state index in [1.54, 1.807) is 0 Å². The Labute approximate surface area is 115 Å². The zero-order valence-electron chi connectivity index (χ0n) is 11.5. The Morgan fingerprint density at radius 1 is 1.44 bits per heavy atom. The van der Waals surface area contributed by atoms with Gasteiger partial charge in [-0.3, -0.25) is 0 Å². The van der Waals surface area contributed by atoms with Gasteiger partial charge < -0.3 is 10.6 Å². The molecule has 1 aliphatic rings. The smallest absolute Gasteiger partial charge is 0.0455 e. The molecule has 0 radical (unpaired) electrons. The van der Waals surface area contributed by atoms with E-state index < -0.39 is 0 Å². The molecule has 2 rings (SSSR count). The summed E-state index contributed by atoms with van der Waals surface area (Å²) in [6.45, 7) is 8.59. The molecule has 1 heterocycles. The SMILES string of the molecule is Cc1c(Cl)cccc1N1CC(CCN)CC1(C)C. The van der Waals surface area contributed by atoms with Gasteiger partial charge in [-0.2, -0.15) is 0 Å². The summed E-state index contributed by atoms with van der Waals surface area (Å²) in [6.07, 6.45) is 2.32. The summed E-state index contributed by atoms with van der Waals surface area (Å²) in [7, 11) is 0. The molecule has 1 aromatic rings. The van der Waals surface area contributed by atoms with Crippen LogP contribution in [0.25, 0.3) is 0 Å². The molecule has 0 saturated carbocycles. The Bertz CT molecular complexity index is 429. The largest absolute Gasteiger partial charge is 0.366 e. The van der Waals surface area contributed by atoms with E-state index in [-0.39, 0.29) is 5.54 Å². The summed E-state index contributed by atoms with van der Waals surface area (Å²) in [4.78, 5) is 2.49. The predicted octanol–water partition coefficient (Wildman–Crippen LogP) is 3.60. The highest BCUT2D eigenvalue weighted by Gasteiger charge is 2.38. The summed E-state index contributed by atoms with van der Waals surface area (Å²) in [6, 6.07) is 6.17. The highest BCUT2D eigenvalue weighted by molar-refractivity contribution is 6.31. The van der Waals surface area contributed by atoms with Crippen LogP contribution < -0.4 is 10.6 Å². The summed E-state index contributed by atoms with van der Waals surface area (Å²) in [5, 5.41) is 0.852. The van der Waals surface area contributed by atoms with Gasteiger partial charge in [0.05, 0.1) is 0 Å². The molecule has 0 bridgehead atoms. The van der Waals surface area contributed by atoms with Crippen molar-refractivity contribution in [1.29, 1.82) is 0 Å². The summed E-state index contributed by atoms with van der Waals surface area (Å²) in [5.41, 5.74) is 8.34. The van der Waals surface area contributed by atoms with Crippen molar-refractivity contribution in [3.8, 4) is 0 Å². The summed E-state index contributed by atoms with van der Waals surface area (Å²) >= 11 is 6.24. The third-order valence-electron chi connectivity index (χ3n) is 4.06. The molecule has 18 heavy (non-hydrogen) atoms. The van der Waals surface area contributed by atoms with E-state index in [2.05, 4.69) is 31.7 Å². The Morgan fingerprint density at radius 2 is 2.17 bits per heavy atom. The number of rotatable bonds is 3. The Morgan fingerprint density at radius 3 is 2.83 bits per heavy atom. The van der Waals surface area contributed by atoms with Crippen molar-refractivity contribution in [2.24, 2.45) is 11.7 Å². The van der Waals surface area contributed by atoms with Crippen LogP contribution in [0, 0.1) is 12.8 Å². The van der Waals surface area contributed by atoms with Gasteiger partial charge in [0, 0.05) is 22.8 Å². The molecule has 0 spiro atoms. The minimum Gasteiger partial charge on any atom is -0.366 e. The molecular formula is C15H23ClN2.